The van der Waals surface area contributed by atoms with Gasteiger partial charge in [-0.05, 0) is 43.0 Å². The summed E-state index contributed by atoms with van der Waals surface area (Å²) in [5, 5.41) is 3.98. The Balaban J connectivity index is 1.46. The Bertz CT molecular complexity index is 803. The highest BCUT2D eigenvalue weighted by molar-refractivity contribution is 6.35. The topological polar surface area (TPSA) is 49.4 Å². The highest BCUT2D eigenvalue weighted by atomic mass is 35.5. The number of hydrogen-bond donors (Lipinski definition) is 1. The number of halogens is 2. The van der Waals surface area contributed by atoms with Crippen LogP contribution in [0, 0.1) is 0 Å². The van der Waals surface area contributed by atoms with E-state index < -0.39 is 0 Å². The molecule has 2 amide bonds. The van der Waals surface area contributed by atoms with E-state index in [-0.39, 0.29) is 17.9 Å². The van der Waals surface area contributed by atoms with Gasteiger partial charge in [-0.3, -0.25) is 9.59 Å². The van der Waals surface area contributed by atoms with Crippen LogP contribution in [0.25, 0.3) is 0 Å². The zero-order valence-electron chi connectivity index (χ0n) is 15.0. The van der Waals surface area contributed by atoms with Crippen molar-refractivity contribution in [2.75, 3.05) is 13.1 Å². The third-order valence-electron chi connectivity index (χ3n) is 4.79. The van der Waals surface area contributed by atoms with Crippen LogP contribution in [0.1, 0.15) is 35.2 Å². The minimum atomic E-state index is -0.114. The molecule has 142 valence electrons. The molecule has 1 N–H and O–H groups in total. The Labute approximate surface area is 169 Å². The molecule has 1 aliphatic rings. The van der Waals surface area contributed by atoms with E-state index in [9.17, 15) is 9.59 Å². The maximum Gasteiger partial charge on any atom is 0.255 e. The second kappa shape index (κ2) is 9.25. The Morgan fingerprint density at radius 1 is 1.04 bits per heavy atom. The number of carbonyl (C=O) groups is 2. The molecule has 1 heterocycles. The summed E-state index contributed by atoms with van der Waals surface area (Å²) >= 11 is 12.1. The summed E-state index contributed by atoms with van der Waals surface area (Å²) in [5.41, 5.74) is 1.58. The molecule has 27 heavy (non-hydrogen) atoms. The normalized spacial score (nSPS) is 14.8. The van der Waals surface area contributed by atoms with Gasteiger partial charge in [0.05, 0.1) is 10.6 Å². The van der Waals surface area contributed by atoms with E-state index in [2.05, 4.69) is 5.32 Å². The number of carbonyl (C=O) groups excluding carboxylic acids is 2. The molecular formula is C21H22Cl2N2O2. The van der Waals surface area contributed by atoms with Crippen LogP contribution in [0.3, 0.4) is 0 Å². The fraction of sp³-hybridized carbons (Fsp3) is 0.333. The van der Waals surface area contributed by atoms with Crippen LogP contribution in [0.15, 0.2) is 48.5 Å². The third kappa shape index (κ3) is 5.47. The maximum atomic E-state index is 12.7. The minimum Gasteiger partial charge on any atom is -0.353 e. The van der Waals surface area contributed by atoms with E-state index in [0.717, 1.165) is 24.8 Å². The van der Waals surface area contributed by atoms with Gasteiger partial charge in [-0.25, -0.2) is 0 Å². The zero-order valence-corrected chi connectivity index (χ0v) is 16.5. The predicted octanol–water partition coefficient (Wildman–Crippen LogP) is 4.35. The average Bonchev–Trinajstić information content (AvgIpc) is 2.69. The molecule has 0 bridgehead atoms. The minimum absolute atomic E-state index is 0.0570. The molecule has 0 unspecified atom stereocenters. The molecule has 1 aliphatic heterocycles. The van der Waals surface area contributed by atoms with Crippen LogP contribution in [0.5, 0.6) is 0 Å². The molecule has 1 fully saturated rings. The van der Waals surface area contributed by atoms with Gasteiger partial charge in [0.2, 0.25) is 5.91 Å². The molecule has 0 saturated carbocycles. The van der Waals surface area contributed by atoms with Crippen LogP contribution >= 0.6 is 23.2 Å². The van der Waals surface area contributed by atoms with Crippen LogP contribution in [-0.4, -0.2) is 35.8 Å². The standard InChI is InChI=1S/C21H22Cl2N2O2/c22-16-7-8-19(23)18(14-16)21(27)25-12-10-17(11-13-25)24-20(26)9-6-15-4-2-1-3-5-15/h1-5,7-8,14,17H,6,9-13H2,(H,24,26). The fourth-order valence-electron chi connectivity index (χ4n) is 3.26. The van der Waals surface area contributed by atoms with Gasteiger partial charge in [0.15, 0.2) is 0 Å². The first-order chi connectivity index (χ1) is 13.0. The van der Waals surface area contributed by atoms with Crippen molar-refractivity contribution in [1.29, 1.82) is 0 Å². The van der Waals surface area contributed by atoms with Crippen molar-refractivity contribution in [3.05, 3.63) is 69.7 Å². The van der Waals surface area contributed by atoms with E-state index in [1.807, 2.05) is 30.3 Å². The highest BCUT2D eigenvalue weighted by Gasteiger charge is 2.25. The third-order valence-corrected chi connectivity index (χ3v) is 5.35. The summed E-state index contributed by atoms with van der Waals surface area (Å²) < 4.78 is 0. The first-order valence-corrected chi connectivity index (χ1v) is 9.86. The van der Waals surface area contributed by atoms with Crippen LogP contribution < -0.4 is 5.32 Å². The SMILES string of the molecule is O=C(CCc1ccccc1)NC1CCN(C(=O)c2cc(Cl)ccc2Cl)CC1. The quantitative estimate of drug-likeness (QED) is 0.804. The highest BCUT2D eigenvalue weighted by Crippen LogP contribution is 2.23. The fourth-order valence-corrected chi connectivity index (χ4v) is 3.63. The lowest BCUT2D eigenvalue weighted by atomic mass is 10.0. The molecule has 0 aromatic heterocycles. The smallest absolute Gasteiger partial charge is 0.255 e. The van der Waals surface area contributed by atoms with Crippen molar-refractivity contribution in [3.8, 4) is 0 Å². The number of piperidine rings is 1. The summed E-state index contributed by atoms with van der Waals surface area (Å²) in [4.78, 5) is 26.6. The molecule has 4 nitrogen and oxygen atoms in total. The lowest BCUT2D eigenvalue weighted by Gasteiger charge is -2.32. The van der Waals surface area contributed by atoms with E-state index >= 15 is 0 Å². The van der Waals surface area contributed by atoms with Gasteiger partial charge in [-0.15, -0.1) is 0 Å². The Morgan fingerprint density at radius 2 is 1.74 bits per heavy atom. The molecule has 0 atom stereocenters. The number of nitrogens with one attached hydrogen (secondary N) is 1. The first kappa shape index (κ1) is 19.7. The summed E-state index contributed by atoms with van der Waals surface area (Å²) in [7, 11) is 0. The van der Waals surface area contributed by atoms with Crippen molar-refractivity contribution in [2.45, 2.75) is 31.7 Å². The number of nitrogens with zero attached hydrogens (tertiary/aromatic N) is 1. The molecule has 1 saturated heterocycles. The summed E-state index contributed by atoms with van der Waals surface area (Å²) in [6, 6.07) is 15.0. The van der Waals surface area contributed by atoms with Crippen molar-refractivity contribution in [1.82, 2.24) is 10.2 Å². The van der Waals surface area contributed by atoms with Crippen molar-refractivity contribution < 1.29 is 9.59 Å². The number of amides is 2. The largest absolute Gasteiger partial charge is 0.353 e. The molecule has 0 aliphatic carbocycles. The summed E-state index contributed by atoms with van der Waals surface area (Å²) in [5.74, 6) is -0.0575. The van der Waals surface area contributed by atoms with E-state index in [1.54, 1.807) is 23.1 Å². The molecular weight excluding hydrogens is 383 g/mol. The Morgan fingerprint density at radius 3 is 2.44 bits per heavy atom. The maximum absolute atomic E-state index is 12.7. The summed E-state index contributed by atoms with van der Waals surface area (Å²) in [6.07, 6.45) is 2.68. The van der Waals surface area contributed by atoms with Gasteiger partial charge in [-0.2, -0.15) is 0 Å². The summed E-state index contributed by atoms with van der Waals surface area (Å²) in [6.45, 7) is 1.18. The Kier molecular flexibility index (Phi) is 6.75. The number of likely N-dealkylation sites (tertiary alicyclic amines) is 1. The molecule has 0 radical (unpaired) electrons. The van der Waals surface area contributed by atoms with E-state index in [4.69, 9.17) is 23.2 Å². The second-order valence-corrected chi connectivity index (χ2v) is 7.59. The number of aryl methyl sites for hydroxylation is 1. The molecule has 2 aromatic carbocycles. The van der Waals surface area contributed by atoms with Gasteiger partial charge in [-0.1, -0.05) is 53.5 Å². The molecule has 3 rings (SSSR count). The predicted molar refractivity (Wildman–Crippen MR) is 108 cm³/mol. The van der Waals surface area contributed by atoms with Gasteiger partial charge >= 0.3 is 0 Å². The zero-order chi connectivity index (χ0) is 19.2. The van der Waals surface area contributed by atoms with Gasteiger partial charge in [0.25, 0.3) is 5.91 Å². The molecule has 2 aromatic rings. The number of hydrogen-bond acceptors (Lipinski definition) is 2. The van der Waals surface area contributed by atoms with Crippen LogP contribution in [-0.2, 0) is 11.2 Å². The molecule has 0 spiro atoms. The van der Waals surface area contributed by atoms with Gasteiger partial charge < -0.3 is 10.2 Å². The second-order valence-electron chi connectivity index (χ2n) is 6.74. The number of benzene rings is 2. The monoisotopic (exact) mass is 404 g/mol. The van der Waals surface area contributed by atoms with E-state index in [1.165, 1.54) is 0 Å². The van der Waals surface area contributed by atoms with Crippen molar-refractivity contribution >= 4 is 35.0 Å². The van der Waals surface area contributed by atoms with Crippen molar-refractivity contribution in [3.63, 3.8) is 0 Å². The lowest BCUT2D eigenvalue weighted by Crippen LogP contribution is -2.46. The van der Waals surface area contributed by atoms with Gasteiger partial charge in [0.1, 0.15) is 0 Å². The molecule has 6 heteroatoms. The number of rotatable bonds is 5. The average molecular weight is 405 g/mol. The van der Waals surface area contributed by atoms with E-state index in [0.29, 0.717) is 35.1 Å². The first-order valence-electron chi connectivity index (χ1n) is 9.10. The lowest BCUT2D eigenvalue weighted by molar-refractivity contribution is -0.122. The van der Waals surface area contributed by atoms with Crippen LogP contribution in [0.2, 0.25) is 10.0 Å². The van der Waals surface area contributed by atoms with Gasteiger partial charge in [0, 0.05) is 30.6 Å². The van der Waals surface area contributed by atoms with Crippen molar-refractivity contribution in [2.24, 2.45) is 0 Å². The Hall–Kier alpha value is -2.04. The van der Waals surface area contributed by atoms with Crippen LogP contribution in [0.4, 0.5) is 0 Å².